The summed E-state index contributed by atoms with van der Waals surface area (Å²) in [5, 5.41) is 0. The topological polar surface area (TPSA) is 38.7 Å². The molecule has 0 aromatic carbocycles. The summed E-state index contributed by atoms with van der Waals surface area (Å²) in [4.78, 5) is 11.3. The van der Waals surface area contributed by atoms with Crippen LogP contribution in [0.2, 0.25) is 0 Å². The Hall–Kier alpha value is 0.310. The summed E-state index contributed by atoms with van der Waals surface area (Å²) in [6.07, 6.45) is 40.3. The number of hydrogen-bond donors (Lipinski definition) is 1. The predicted molar refractivity (Wildman–Crippen MR) is 181 cm³/mol. The molecule has 0 radical (unpaired) electrons. The molecule has 0 aromatic rings. The van der Waals surface area contributed by atoms with Gasteiger partial charge in [0.2, 0.25) is 0 Å². The molecule has 0 aliphatic heterocycles. The molecule has 242 valence electrons. The first-order valence-electron chi connectivity index (χ1n) is 18.6. The van der Waals surface area contributed by atoms with Gasteiger partial charge in [0.05, 0.1) is 13.2 Å². The van der Waals surface area contributed by atoms with Crippen LogP contribution in [0.15, 0.2) is 0 Å². The van der Waals surface area contributed by atoms with Crippen LogP contribution in [-0.4, -0.2) is 24.3 Å². The van der Waals surface area contributed by atoms with Gasteiger partial charge in [-0.2, -0.15) is 13.9 Å². The Morgan fingerprint density at radius 2 is 0.550 bits per heavy atom. The quantitative estimate of drug-likeness (QED) is 0.0592. The van der Waals surface area contributed by atoms with Crippen LogP contribution in [0.4, 0.5) is 0 Å². The van der Waals surface area contributed by atoms with Crippen LogP contribution in [0.3, 0.4) is 0 Å². The van der Waals surface area contributed by atoms with E-state index in [2.05, 4.69) is 20.8 Å². The third kappa shape index (κ3) is 31.3. The van der Waals surface area contributed by atoms with Crippen LogP contribution >= 0.6 is 7.94 Å². The first-order valence-corrected chi connectivity index (χ1v) is 20.3. The fourth-order valence-corrected chi connectivity index (χ4v) is 7.34. The highest BCUT2D eigenvalue weighted by atomic mass is 31.2. The summed E-state index contributed by atoms with van der Waals surface area (Å²) >= 11 is 0. The minimum absolute atomic E-state index is 0.663. The van der Waals surface area contributed by atoms with E-state index >= 15 is 0 Å². The van der Waals surface area contributed by atoms with Crippen LogP contribution < -0.4 is 0 Å². The molecule has 4 heteroatoms. The molecular weight excluding hydrogens is 511 g/mol. The van der Waals surface area contributed by atoms with E-state index in [1.54, 1.807) is 0 Å². The van der Waals surface area contributed by atoms with Crippen molar-refractivity contribution in [2.24, 2.45) is 0 Å². The van der Waals surface area contributed by atoms with Gasteiger partial charge < -0.3 is 0 Å². The van der Waals surface area contributed by atoms with Gasteiger partial charge in [0, 0.05) is 0 Å². The van der Waals surface area contributed by atoms with Crippen molar-refractivity contribution in [3.05, 3.63) is 0 Å². The zero-order valence-electron chi connectivity index (χ0n) is 28.0. The molecular formula is C36H76O3P+. The van der Waals surface area contributed by atoms with Gasteiger partial charge in [-0.3, -0.25) is 0 Å². The molecule has 0 saturated heterocycles. The summed E-state index contributed by atoms with van der Waals surface area (Å²) in [5.41, 5.74) is 0. The molecule has 0 heterocycles. The summed E-state index contributed by atoms with van der Waals surface area (Å²) in [6, 6.07) is 0. The molecule has 0 bridgehead atoms. The Balaban J connectivity index is 4.06. The van der Waals surface area contributed by atoms with Crippen molar-refractivity contribution in [3.63, 3.8) is 0 Å². The highest BCUT2D eigenvalue weighted by molar-refractivity contribution is 7.60. The average Bonchev–Trinajstić information content (AvgIpc) is 2.95. The third-order valence-corrected chi connectivity index (χ3v) is 10.4. The van der Waals surface area contributed by atoms with Gasteiger partial charge in [0.25, 0.3) is 0 Å². The van der Waals surface area contributed by atoms with Crippen molar-refractivity contribution >= 4 is 7.94 Å². The molecule has 0 aromatic heterocycles. The summed E-state index contributed by atoms with van der Waals surface area (Å²) in [6.45, 7) is 8.18. The van der Waals surface area contributed by atoms with Gasteiger partial charge in [-0.25, -0.2) is 0 Å². The van der Waals surface area contributed by atoms with Crippen LogP contribution in [0.25, 0.3) is 0 Å². The van der Waals surface area contributed by atoms with Crippen LogP contribution in [-0.2, 0) is 9.05 Å². The number of rotatable bonds is 35. The zero-order chi connectivity index (χ0) is 29.2. The van der Waals surface area contributed by atoms with Crippen molar-refractivity contribution in [2.75, 3.05) is 19.4 Å². The van der Waals surface area contributed by atoms with Crippen molar-refractivity contribution in [1.82, 2.24) is 0 Å². The van der Waals surface area contributed by atoms with Gasteiger partial charge in [-0.15, -0.1) is 0 Å². The van der Waals surface area contributed by atoms with Crippen molar-refractivity contribution < 1.29 is 13.9 Å². The second-order valence-corrected chi connectivity index (χ2v) is 14.8. The Morgan fingerprint density at radius 3 is 0.825 bits per heavy atom. The van der Waals surface area contributed by atoms with E-state index in [-0.39, 0.29) is 0 Å². The van der Waals surface area contributed by atoms with Crippen molar-refractivity contribution in [1.29, 1.82) is 0 Å². The maximum atomic E-state index is 11.3. The van der Waals surface area contributed by atoms with E-state index in [1.807, 2.05) is 0 Å². The summed E-state index contributed by atoms with van der Waals surface area (Å²) in [5.74, 6) is 0. The van der Waals surface area contributed by atoms with E-state index < -0.39 is 7.94 Å². The molecule has 0 rings (SSSR count). The van der Waals surface area contributed by atoms with Crippen LogP contribution in [0.5, 0.6) is 0 Å². The minimum atomic E-state index is -2.70. The summed E-state index contributed by atoms with van der Waals surface area (Å²) < 4.78 is 12.2. The Morgan fingerprint density at radius 1 is 0.325 bits per heavy atom. The van der Waals surface area contributed by atoms with E-state index in [9.17, 15) is 4.89 Å². The molecule has 0 saturated carbocycles. The Labute approximate surface area is 254 Å². The molecule has 3 nitrogen and oxygen atoms in total. The maximum absolute atomic E-state index is 11.3. The smallest absolute Gasteiger partial charge is 0.193 e. The average molecular weight is 588 g/mol. The standard InChI is InChI=1S/C36H76O3P/c1-4-7-10-13-16-19-22-25-28-31-34-38-40(37,36-33-30-27-24-21-18-15-12-9-6-3)39-35-32-29-26-23-20-17-14-11-8-5-2/h37H,4-36H2,1-3H3/q+1. The fourth-order valence-electron chi connectivity index (χ4n) is 5.56. The molecule has 0 unspecified atom stereocenters. The lowest BCUT2D eigenvalue weighted by Crippen LogP contribution is -2.09. The molecule has 0 amide bonds. The van der Waals surface area contributed by atoms with Crippen molar-refractivity contribution in [2.45, 2.75) is 213 Å². The summed E-state index contributed by atoms with van der Waals surface area (Å²) in [7, 11) is -2.70. The van der Waals surface area contributed by atoms with E-state index in [1.165, 1.54) is 173 Å². The zero-order valence-corrected chi connectivity index (χ0v) is 28.9. The molecule has 0 fully saturated rings. The third-order valence-electron chi connectivity index (χ3n) is 8.38. The van der Waals surface area contributed by atoms with Crippen LogP contribution in [0, 0.1) is 0 Å². The lowest BCUT2D eigenvalue weighted by atomic mass is 10.1. The van der Waals surface area contributed by atoms with E-state index in [0.29, 0.717) is 13.2 Å². The van der Waals surface area contributed by atoms with Gasteiger partial charge in [0.1, 0.15) is 6.16 Å². The van der Waals surface area contributed by atoms with E-state index in [4.69, 9.17) is 9.05 Å². The molecule has 40 heavy (non-hydrogen) atoms. The number of unbranched alkanes of at least 4 members (excludes halogenated alkanes) is 27. The fraction of sp³-hybridized carbons (Fsp3) is 1.00. The normalized spacial score (nSPS) is 12.0. The Bertz CT molecular complexity index is 433. The Kier molecular flexibility index (Phi) is 34.1. The van der Waals surface area contributed by atoms with Gasteiger partial charge in [0.15, 0.2) is 0 Å². The molecule has 0 spiro atoms. The first kappa shape index (κ1) is 40.3. The predicted octanol–water partition coefficient (Wildman–Crippen LogP) is 13.5. The highest BCUT2D eigenvalue weighted by Crippen LogP contribution is 2.57. The molecule has 0 atom stereocenters. The lowest BCUT2D eigenvalue weighted by Gasteiger charge is -2.17. The highest BCUT2D eigenvalue weighted by Gasteiger charge is 2.39. The van der Waals surface area contributed by atoms with Gasteiger partial charge in [-0.1, -0.05) is 188 Å². The first-order chi connectivity index (χ1) is 19.7. The lowest BCUT2D eigenvalue weighted by molar-refractivity contribution is 0.169. The molecule has 0 aliphatic carbocycles. The monoisotopic (exact) mass is 588 g/mol. The molecule has 1 N–H and O–H groups in total. The SMILES string of the molecule is CCCCCCCCCCCCO[P+](O)(CCCCCCCCCCCC)OCCCCCCCCCCCC. The number of hydrogen-bond acceptors (Lipinski definition) is 3. The molecule has 0 aliphatic rings. The second-order valence-electron chi connectivity index (χ2n) is 12.6. The maximum Gasteiger partial charge on any atom is 0.408 e. The minimum Gasteiger partial charge on any atom is -0.193 e. The largest absolute Gasteiger partial charge is 0.408 e. The van der Waals surface area contributed by atoms with Gasteiger partial charge in [-0.05, 0) is 25.7 Å². The van der Waals surface area contributed by atoms with Crippen molar-refractivity contribution in [3.8, 4) is 0 Å². The van der Waals surface area contributed by atoms with Gasteiger partial charge >= 0.3 is 7.94 Å². The van der Waals surface area contributed by atoms with Crippen LogP contribution in [0.1, 0.15) is 213 Å². The second kappa shape index (κ2) is 33.8. The van der Waals surface area contributed by atoms with E-state index in [0.717, 1.165) is 25.4 Å².